The zero-order valence-electron chi connectivity index (χ0n) is 9.10. The molecule has 0 aliphatic carbocycles. The molecule has 0 amide bonds. The Morgan fingerprint density at radius 1 is 1.36 bits per heavy atom. The van der Waals surface area contributed by atoms with Crippen molar-refractivity contribution >= 4 is 5.69 Å². The van der Waals surface area contributed by atoms with Crippen LogP contribution in [0.3, 0.4) is 0 Å². The highest BCUT2D eigenvalue weighted by atomic mass is 19.1. The van der Waals surface area contributed by atoms with Crippen molar-refractivity contribution in [3.63, 3.8) is 0 Å². The van der Waals surface area contributed by atoms with Crippen molar-refractivity contribution in [1.29, 1.82) is 0 Å². The van der Waals surface area contributed by atoms with Crippen LogP contribution in [-0.4, -0.2) is 6.54 Å². The van der Waals surface area contributed by atoms with E-state index in [1.165, 1.54) is 6.07 Å². The minimum atomic E-state index is -0.178. The number of hydrogen-bond donors (Lipinski definition) is 1. The third-order valence-corrected chi connectivity index (χ3v) is 2.24. The molecule has 78 valence electrons. The highest BCUT2D eigenvalue weighted by Gasteiger charge is 2.00. The molecule has 14 heavy (non-hydrogen) atoms. The van der Waals surface area contributed by atoms with Crippen LogP contribution in [0.15, 0.2) is 18.2 Å². The molecule has 0 fully saturated rings. The van der Waals surface area contributed by atoms with Gasteiger partial charge in [0.2, 0.25) is 0 Å². The van der Waals surface area contributed by atoms with Crippen molar-refractivity contribution in [3.8, 4) is 0 Å². The first-order valence-corrected chi connectivity index (χ1v) is 5.09. The van der Waals surface area contributed by atoms with E-state index in [1.54, 1.807) is 12.1 Å². The van der Waals surface area contributed by atoms with Crippen molar-refractivity contribution < 1.29 is 4.39 Å². The number of anilines is 1. The predicted molar refractivity (Wildman–Crippen MR) is 59.1 cm³/mol. The van der Waals surface area contributed by atoms with Gasteiger partial charge >= 0.3 is 0 Å². The Bertz CT molecular complexity index is 294. The molecule has 0 aliphatic heterocycles. The van der Waals surface area contributed by atoms with Crippen molar-refractivity contribution in [2.24, 2.45) is 5.92 Å². The maximum atomic E-state index is 12.9. The van der Waals surface area contributed by atoms with Crippen molar-refractivity contribution in [2.75, 3.05) is 11.9 Å². The zero-order valence-corrected chi connectivity index (χ0v) is 9.10. The molecule has 1 N–H and O–H groups in total. The molecule has 0 atom stereocenters. The van der Waals surface area contributed by atoms with E-state index < -0.39 is 0 Å². The molecule has 1 aromatic rings. The van der Waals surface area contributed by atoms with Crippen LogP contribution in [0.5, 0.6) is 0 Å². The van der Waals surface area contributed by atoms with E-state index in [0.717, 1.165) is 24.2 Å². The Kier molecular flexibility index (Phi) is 3.93. The Hall–Kier alpha value is -1.05. The van der Waals surface area contributed by atoms with Gasteiger partial charge in [0, 0.05) is 12.2 Å². The van der Waals surface area contributed by atoms with Gasteiger partial charge in [0.05, 0.1) is 0 Å². The number of rotatable bonds is 4. The highest BCUT2D eigenvalue weighted by molar-refractivity contribution is 5.50. The second-order valence-electron chi connectivity index (χ2n) is 4.07. The minimum Gasteiger partial charge on any atom is -0.385 e. The molecule has 0 saturated heterocycles. The van der Waals surface area contributed by atoms with Gasteiger partial charge < -0.3 is 5.32 Å². The van der Waals surface area contributed by atoms with E-state index in [9.17, 15) is 4.39 Å². The lowest BCUT2D eigenvalue weighted by Crippen LogP contribution is -2.06. The molecular weight excluding hydrogens is 177 g/mol. The summed E-state index contributed by atoms with van der Waals surface area (Å²) in [6.07, 6.45) is 1.11. The lowest BCUT2D eigenvalue weighted by atomic mass is 10.1. The van der Waals surface area contributed by atoms with E-state index in [4.69, 9.17) is 0 Å². The first kappa shape index (κ1) is 11.0. The number of halogens is 1. The van der Waals surface area contributed by atoms with Crippen LogP contribution >= 0.6 is 0 Å². The molecule has 0 radical (unpaired) electrons. The molecule has 1 aromatic carbocycles. The molecule has 0 unspecified atom stereocenters. The Morgan fingerprint density at radius 2 is 2.07 bits per heavy atom. The largest absolute Gasteiger partial charge is 0.385 e. The summed E-state index contributed by atoms with van der Waals surface area (Å²) in [6, 6.07) is 4.84. The lowest BCUT2D eigenvalue weighted by molar-refractivity contribution is 0.606. The fraction of sp³-hybridized carbons (Fsp3) is 0.500. The van der Waals surface area contributed by atoms with Crippen LogP contribution in [0.2, 0.25) is 0 Å². The number of hydrogen-bond acceptors (Lipinski definition) is 1. The summed E-state index contributed by atoms with van der Waals surface area (Å²) in [5, 5.41) is 3.25. The van der Waals surface area contributed by atoms with E-state index >= 15 is 0 Å². The van der Waals surface area contributed by atoms with Crippen LogP contribution in [0.1, 0.15) is 25.8 Å². The van der Waals surface area contributed by atoms with Crippen LogP contribution in [0, 0.1) is 18.7 Å². The molecule has 0 heterocycles. The molecule has 1 nitrogen and oxygen atoms in total. The number of benzene rings is 1. The third kappa shape index (κ3) is 3.36. The molecule has 0 bridgehead atoms. The molecule has 0 saturated carbocycles. The Balaban J connectivity index is 2.53. The predicted octanol–water partition coefficient (Wildman–Crippen LogP) is 3.59. The van der Waals surface area contributed by atoms with Gasteiger partial charge in [-0.3, -0.25) is 0 Å². The van der Waals surface area contributed by atoms with Crippen LogP contribution in [-0.2, 0) is 0 Å². The van der Waals surface area contributed by atoms with Gasteiger partial charge in [-0.25, -0.2) is 4.39 Å². The van der Waals surface area contributed by atoms with Gasteiger partial charge in [-0.1, -0.05) is 19.9 Å². The van der Waals surface area contributed by atoms with E-state index in [-0.39, 0.29) is 5.82 Å². The van der Waals surface area contributed by atoms with Gasteiger partial charge in [0.15, 0.2) is 0 Å². The summed E-state index contributed by atoms with van der Waals surface area (Å²) in [7, 11) is 0. The van der Waals surface area contributed by atoms with Crippen LogP contribution < -0.4 is 5.32 Å². The third-order valence-electron chi connectivity index (χ3n) is 2.24. The lowest BCUT2D eigenvalue weighted by Gasteiger charge is -2.10. The van der Waals surface area contributed by atoms with E-state index in [2.05, 4.69) is 19.2 Å². The normalized spacial score (nSPS) is 10.6. The molecule has 0 spiro atoms. The molecule has 0 aromatic heterocycles. The van der Waals surface area contributed by atoms with Crippen LogP contribution in [0.25, 0.3) is 0 Å². The summed E-state index contributed by atoms with van der Waals surface area (Å²) in [6.45, 7) is 7.25. The topological polar surface area (TPSA) is 12.0 Å². The maximum Gasteiger partial charge on any atom is 0.125 e. The Morgan fingerprint density at radius 3 is 2.71 bits per heavy atom. The monoisotopic (exact) mass is 195 g/mol. The number of aryl methyl sites for hydroxylation is 1. The second kappa shape index (κ2) is 4.99. The van der Waals surface area contributed by atoms with Gasteiger partial charge in [0.1, 0.15) is 5.82 Å². The van der Waals surface area contributed by atoms with Crippen molar-refractivity contribution in [1.82, 2.24) is 0 Å². The van der Waals surface area contributed by atoms with E-state index in [0.29, 0.717) is 5.92 Å². The quantitative estimate of drug-likeness (QED) is 0.774. The first-order chi connectivity index (χ1) is 6.59. The van der Waals surface area contributed by atoms with Gasteiger partial charge in [-0.05, 0) is 37.0 Å². The van der Waals surface area contributed by atoms with E-state index in [1.807, 2.05) is 6.92 Å². The highest BCUT2D eigenvalue weighted by Crippen LogP contribution is 2.16. The smallest absolute Gasteiger partial charge is 0.125 e. The minimum absolute atomic E-state index is 0.178. The van der Waals surface area contributed by atoms with Crippen LogP contribution in [0.4, 0.5) is 10.1 Å². The first-order valence-electron chi connectivity index (χ1n) is 5.09. The van der Waals surface area contributed by atoms with Crippen molar-refractivity contribution in [3.05, 3.63) is 29.6 Å². The number of nitrogens with one attached hydrogen (secondary N) is 1. The summed E-state index contributed by atoms with van der Waals surface area (Å²) in [4.78, 5) is 0. The van der Waals surface area contributed by atoms with Gasteiger partial charge in [-0.15, -0.1) is 0 Å². The summed E-state index contributed by atoms with van der Waals surface area (Å²) < 4.78 is 12.9. The van der Waals surface area contributed by atoms with Gasteiger partial charge in [0.25, 0.3) is 0 Å². The van der Waals surface area contributed by atoms with Gasteiger partial charge in [-0.2, -0.15) is 0 Å². The fourth-order valence-corrected chi connectivity index (χ4v) is 1.28. The SMILES string of the molecule is Cc1ccc(F)cc1NCCC(C)C. The summed E-state index contributed by atoms with van der Waals surface area (Å²) >= 11 is 0. The van der Waals surface area contributed by atoms with Crippen molar-refractivity contribution in [2.45, 2.75) is 27.2 Å². The Labute approximate surface area is 85.3 Å². The average Bonchev–Trinajstić information content (AvgIpc) is 2.10. The molecular formula is C12H18FN. The fourth-order valence-electron chi connectivity index (χ4n) is 1.28. The maximum absolute atomic E-state index is 12.9. The second-order valence-corrected chi connectivity index (χ2v) is 4.07. The molecule has 2 heteroatoms. The zero-order chi connectivity index (χ0) is 10.6. The average molecular weight is 195 g/mol. The molecule has 0 aliphatic rings. The molecule has 1 rings (SSSR count). The summed E-state index contributed by atoms with van der Waals surface area (Å²) in [5.41, 5.74) is 2.00. The standard InChI is InChI=1S/C12H18FN/c1-9(2)6-7-14-12-8-11(13)5-4-10(12)3/h4-5,8-9,14H,6-7H2,1-3H3. The summed E-state index contributed by atoms with van der Waals surface area (Å²) in [5.74, 6) is 0.499.